The average molecular weight is 384 g/mol. The summed E-state index contributed by atoms with van der Waals surface area (Å²) in [6.45, 7) is -2.12. The van der Waals surface area contributed by atoms with E-state index < -0.39 is 28.7 Å². The van der Waals surface area contributed by atoms with Crippen LogP contribution in [0.3, 0.4) is 0 Å². The Morgan fingerprint density at radius 1 is 1.38 bits per heavy atom. The number of aromatic nitrogens is 3. The van der Waals surface area contributed by atoms with Crippen LogP contribution in [0.1, 0.15) is 12.4 Å². The Morgan fingerprint density at radius 2 is 2.08 bits per heavy atom. The lowest BCUT2D eigenvalue weighted by Gasteiger charge is -2.12. The molecule has 3 aromatic rings. The van der Waals surface area contributed by atoms with Gasteiger partial charge in [-0.3, -0.25) is 9.36 Å². The second-order valence-corrected chi connectivity index (χ2v) is 5.61. The minimum atomic E-state index is -3.15. The highest BCUT2D eigenvalue weighted by molar-refractivity contribution is 6.32. The van der Waals surface area contributed by atoms with Crippen LogP contribution in [-0.4, -0.2) is 14.1 Å². The molecule has 134 valence electrons. The topological polar surface area (TPSA) is 70.0 Å². The lowest BCUT2D eigenvalue weighted by atomic mass is 10.1. The summed E-state index contributed by atoms with van der Waals surface area (Å²) >= 11 is 5.86. The molecule has 0 saturated carbocycles. The van der Waals surface area contributed by atoms with Crippen LogP contribution in [0.15, 0.2) is 26.1 Å². The predicted molar refractivity (Wildman–Crippen MR) is 87.8 cm³/mol. The maximum absolute atomic E-state index is 14.5. The normalized spacial score (nSPS) is 11.3. The first-order valence-electron chi connectivity index (χ1n) is 7.09. The van der Waals surface area contributed by atoms with Gasteiger partial charge in [-0.05, 0) is 13.0 Å². The molecular weight excluding hydrogens is 375 g/mol. The fourth-order valence-electron chi connectivity index (χ4n) is 2.53. The van der Waals surface area contributed by atoms with Crippen LogP contribution in [0, 0.1) is 25.1 Å². The lowest BCUT2D eigenvalue weighted by Crippen LogP contribution is -2.25. The quantitative estimate of drug-likeness (QED) is 0.652. The highest BCUT2D eigenvalue weighted by Gasteiger charge is 2.22. The summed E-state index contributed by atoms with van der Waals surface area (Å²) in [5, 5.41) is -0.677. The molecule has 0 amide bonds. The molecule has 0 fully saturated rings. The molecule has 0 atom stereocenters. The number of hydrogen-bond acceptors (Lipinski definition) is 4. The van der Waals surface area contributed by atoms with Gasteiger partial charge in [-0.2, -0.15) is 8.78 Å². The second kappa shape index (κ2) is 6.38. The molecule has 0 aliphatic carbocycles. The molecule has 0 aliphatic heterocycles. The molecular formula is C16H9ClF3N3O3. The monoisotopic (exact) mass is 383 g/mol. The van der Waals surface area contributed by atoms with Gasteiger partial charge < -0.3 is 4.42 Å². The first-order valence-corrected chi connectivity index (χ1v) is 7.47. The summed E-state index contributed by atoms with van der Waals surface area (Å²) < 4.78 is 46.4. The summed E-state index contributed by atoms with van der Waals surface area (Å²) in [5.41, 5.74) is -1.71. The number of aryl methyl sites for hydroxylation is 1. The Bertz CT molecular complexity index is 1190. The molecule has 0 saturated heterocycles. The molecule has 0 radical (unpaired) electrons. The van der Waals surface area contributed by atoms with Crippen molar-refractivity contribution >= 4 is 22.7 Å². The first kappa shape index (κ1) is 17.8. The molecule has 1 aromatic carbocycles. The van der Waals surface area contributed by atoms with Gasteiger partial charge in [0.25, 0.3) is 5.56 Å². The fraction of sp³-hybridized carbons (Fsp3) is 0.188. The number of rotatable bonds is 3. The zero-order valence-electron chi connectivity index (χ0n) is 13.1. The van der Waals surface area contributed by atoms with E-state index in [1.807, 2.05) is 0 Å². The number of hydrogen-bond donors (Lipinski definition) is 0. The van der Waals surface area contributed by atoms with Gasteiger partial charge in [0.15, 0.2) is 5.58 Å². The van der Waals surface area contributed by atoms with Crippen molar-refractivity contribution in [1.82, 2.24) is 14.1 Å². The van der Waals surface area contributed by atoms with Crippen molar-refractivity contribution < 1.29 is 17.6 Å². The Hall–Kier alpha value is -2.99. The third kappa shape index (κ3) is 2.68. The SMILES string of the molecule is C#CCn1c(=O)oc2cc(F)c(-c3nc(C)n(C(F)F)c(=O)c3Cl)cc21. The summed E-state index contributed by atoms with van der Waals surface area (Å²) in [4.78, 5) is 27.7. The van der Waals surface area contributed by atoms with Gasteiger partial charge in [-0.1, -0.05) is 17.5 Å². The largest absolute Gasteiger partial charge is 0.420 e. The number of nitrogens with zero attached hydrogens (tertiary/aromatic N) is 3. The number of alkyl halides is 2. The van der Waals surface area contributed by atoms with Crippen LogP contribution in [-0.2, 0) is 6.54 Å². The van der Waals surface area contributed by atoms with E-state index in [1.165, 1.54) is 6.07 Å². The summed E-state index contributed by atoms with van der Waals surface area (Å²) in [6.07, 6.45) is 5.19. The van der Waals surface area contributed by atoms with Crippen LogP contribution >= 0.6 is 11.6 Å². The Morgan fingerprint density at radius 3 is 2.69 bits per heavy atom. The van der Waals surface area contributed by atoms with Crippen molar-refractivity contribution in [2.45, 2.75) is 20.0 Å². The maximum Gasteiger partial charge on any atom is 0.420 e. The molecule has 6 nitrogen and oxygen atoms in total. The number of fused-ring (bicyclic) bond motifs is 1. The molecule has 2 heterocycles. The van der Waals surface area contributed by atoms with E-state index in [1.54, 1.807) is 0 Å². The maximum atomic E-state index is 14.5. The molecule has 3 rings (SSSR count). The van der Waals surface area contributed by atoms with E-state index in [2.05, 4.69) is 10.9 Å². The molecule has 0 spiro atoms. The molecule has 10 heteroatoms. The van der Waals surface area contributed by atoms with Crippen LogP contribution in [0.2, 0.25) is 5.02 Å². The van der Waals surface area contributed by atoms with Crippen molar-refractivity contribution in [3.8, 4) is 23.6 Å². The zero-order valence-corrected chi connectivity index (χ0v) is 13.9. The van der Waals surface area contributed by atoms with E-state index in [0.29, 0.717) is 0 Å². The molecule has 26 heavy (non-hydrogen) atoms. The average Bonchev–Trinajstić information content (AvgIpc) is 2.85. The smallest absolute Gasteiger partial charge is 0.408 e. The number of benzene rings is 1. The van der Waals surface area contributed by atoms with Gasteiger partial charge in [-0.15, -0.1) is 6.42 Å². The third-order valence-electron chi connectivity index (χ3n) is 3.69. The van der Waals surface area contributed by atoms with E-state index in [0.717, 1.165) is 17.6 Å². The standard InChI is InChI=1S/C16H9ClF3N3O3/c1-3-4-22-10-5-8(9(18)6-11(10)26-16(22)25)13-12(17)14(24)23(15(19)20)7(2)21-13/h1,5-6,15H,4H2,2H3. The molecule has 0 bridgehead atoms. The zero-order chi connectivity index (χ0) is 19.2. The van der Waals surface area contributed by atoms with Crippen LogP contribution in [0.5, 0.6) is 0 Å². The van der Waals surface area contributed by atoms with Crippen LogP contribution in [0.4, 0.5) is 13.2 Å². The Balaban J connectivity index is 2.34. The van der Waals surface area contributed by atoms with Gasteiger partial charge in [0.05, 0.1) is 17.8 Å². The lowest BCUT2D eigenvalue weighted by molar-refractivity contribution is 0.0628. The number of oxazole rings is 1. The van der Waals surface area contributed by atoms with E-state index in [-0.39, 0.29) is 39.3 Å². The van der Waals surface area contributed by atoms with Gasteiger partial charge in [0.2, 0.25) is 0 Å². The molecule has 0 unspecified atom stereocenters. The number of halogens is 4. The van der Waals surface area contributed by atoms with Gasteiger partial charge in [0.1, 0.15) is 16.7 Å². The van der Waals surface area contributed by atoms with Crippen molar-refractivity contribution in [3.63, 3.8) is 0 Å². The van der Waals surface area contributed by atoms with Gasteiger partial charge in [-0.25, -0.2) is 18.7 Å². The van der Waals surface area contributed by atoms with Crippen molar-refractivity contribution in [1.29, 1.82) is 0 Å². The van der Waals surface area contributed by atoms with Crippen LogP contribution < -0.4 is 11.3 Å². The van der Waals surface area contributed by atoms with E-state index in [9.17, 15) is 22.8 Å². The highest BCUT2D eigenvalue weighted by atomic mass is 35.5. The minimum Gasteiger partial charge on any atom is -0.408 e. The predicted octanol–water partition coefficient (Wildman–Crippen LogP) is 2.95. The molecule has 0 aliphatic rings. The Labute approximate surface area is 148 Å². The molecule has 2 aromatic heterocycles. The van der Waals surface area contributed by atoms with Crippen molar-refractivity contribution in [2.75, 3.05) is 0 Å². The number of terminal acetylenes is 1. The van der Waals surface area contributed by atoms with Crippen molar-refractivity contribution in [3.05, 3.63) is 49.7 Å². The van der Waals surface area contributed by atoms with Gasteiger partial charge >= 0.3 is 12.3 Å². The third-order valence-corrected chi connectivity index (χ3v) is 4.03. The van der Waals surface area contributed by atoms with Crippen LogP contribution in [0.25, 0.3) is 22.4 Å². The Kier molecular flexibility index (Phi) is 4.38. The first-order chi connectivity index (χ1) is 12.3. The van der Waals surface area contributed by atoms with Crippen molar-refractivity contribution in [2.24, 2.45) is 0 Å². The van der Waals surface area contributed by atoms with Gasteiger partial charge in [0, 0.05) is 11.6 Å². The highest BCUT2D eigenvalue weighted by Crippen LogP contribution is 2.30. The van der Waals surface area contributed by atoms with E-state index >= 15 is 0 Å². The minimum absolute atomic E-state index is 0.0692. The molecule has 0 N–H and O–H groups in total. The second-order valence-electron chi connectivity index (χ2n) is 5.23. The summed E-state index contributed by atoms with van der Waals surface area (Å²) in [7, 11) is 0. The van der Waals surface area contributed by atoms with E-state index in [4.69, 9.17) is 22.4 Å². The fourth-order valence-corrected chi connectivity index (χ4v) is 2.77. The summed E-state index contributed by atoms with van der Waals surface area (Å²) in [5.74, 6) is 0.213. The summed E-state index contributed by atoms with van der Waals surface area (Å²) in [6, 6.07) is 2.08.